The van der Waals surface area contributed by atoms with Gasteiger partial charge in [-0.2, -0.15) is 0 Å². The molecule has 5 nitrogen and oxygen atoms in total. The summed E-state index contributed by atoms with van der Waals surface area (Å²) in [6, 6.07) is 7.87. The van der Waals surface area contributed by atoms with E-state index in [9.17, 15) is 4.79 Å². The Morgan fingerprint density at radius 3 is 2.73 bits per heavy atom. The molecule has 2 rings (SSSR count). The maximum absolute atomic E-state index is 11.1. The van der Waals surface area contributed by atoms with E-state index in [0.717, 1.165) is 10.9 Å². The molecule has 118 valence electrons. The number of benzene rings is 1. The first-order valence-corrected chi connectivity index (χ1v) is 8.01. The number of anilines is 1. The number of hydrogen-bond donors (Lipinski definition) is 1. The lowest BCUT2D eigenvalue weighted by molar-refractivity contribution is -0.140. The van der Waals surface area contributed by atoms with E-state index in [1.807, 2.05) is 41.5 Å². The number of carboxylic acid groups (broad SMARTS) is 1. The van der Waals surface area contributed by atoms with Gasteiger partial charge in [0.25, 0.3) is 0 Å². The molecular weight excluding hydrogens is 300 g/mol. The second-order valence-electron chi connectivity index (χ2n) is 5.16. The first kappa shape index (κ1) is 16.3. The van der Waals surface area contributed by atoms with Gasteiger partial charge in [-0.25, -0.2) is 4.98 Å². The summed E-state index contributed by atoms with van der Waals surface area (Å²) >= 11 is 1.50. The van der Waals surface area contributed by atoms with E-state index in [1.54, 1.807) is 13.1 Å². The average molecular weight is 320 g/mol. The molecular formula is C16H20N2O3S. The summed E-state index contributed by atoms with van der Waals surface area (Å²) in [4.78, 5) is 17.3. The number of nitrogens with zero attached hydrogens (tertiary/aromatic N) is 2. The maximum Gasteiger partial charge on any atom is 0.308 e. The SMILES string of the molecule is Cc1ccc(OCCN(CC(C)C(=O)O)c2nccs2)cc1. The number of hydrogen-bond acceptors (Lipinski definition) is 5. The molecule has 1 heterocycles. The van der Waals surface area contributed by atoms with Gasteiger partial charge in [-0.1, -0.05) is 24.6 Å². The molecule has 22 heavy (non-hydrogen) atoms. The molecule has 0 bridgehead atoms. The minimum absolute atomic E-state index is 0.417. The van der Waals surface area contributed by atoms with Gasteiger partial charge in [-0.3, -0.25) is 4.79 Å². The molecule has 0 saturated carbocycles. The molecule has 1 N–H and O–H groups in total. The van der Waals surface area contributed by atoms with Crippen LogP contribution in [0.4, 0.5) is 5.13 Å². The fourth-order valence-electron chi connectivity index (χ4n) is 1.95. The quantitative estimate of drug-likeness (QED) is 0.810. The number of thiazole rings is 1. The van der Waals surface area contributed by atoms with Crippen molar-refractivity contribution in [2.75, 3.05) is 24.6 Å². The Morgan fingerprint density at radius 1 is 1.41 bits per heavy atom. The molecule has 0 spiro atoms. The van der Waals surface area contributed by atoms with Gasteiger partial charge in [0.1, 0.15) is 12.4 Å². The Balaban J connectivity index is 1.92. The van der Waals surface area contributed by atoms with Gasteiger partial charge in [0.2, 0.25) is 0 Å². The molecule has 0 radical (unpaired) electrons. The molecule has 1 atom stereocenters. The first-order valence-electron chi connectivity index (χ1n) is 7.13. The van der Waals surface area contributed by atoms with Crippen LogP contribution in [0.25, 0.3) is 0 Å². The van der Waals surface area contributed by atoms with Crippen molar-refractivity contribution >= 4 is 22.4 Å². The van der Waals surface area contributed by atoms with Crippen LogP contribution in [0.1, 0.15) is 12.5 Å². The Bertz CT molecular complexity index is 584. The van der Waals surface area contributed by atoms with Gasteiger partial charge in [-0.15, -0.1) is 11.3 Å². The summed E-state index contributed by atoms with van der Waals surface area (Å²) in [6.07, 6.45) is 1.72. The predicted molar refractivity (Wildman–Crippen MR) is 87.8 cm³/mol. The van der Waals surface area contributed by atoms with E-state index in [0.29, 0.717) is 19.7 Å². The molecule has 0 aliphatic rings. The van der Waals surface area contributed by atoms with E-state index in [-0.39, 0.29) is 0 Å². The topological polar surface area (TPSA) is 62.7 Å². The van der Waals surface area contributed by atoms with Crippen molar-refractivity contribution in [1.29, 1.82) is 0 Å². The van der Waals surface area contributed by atoms with Crippen LogP contribution < -0.4 is 9.64 Å². The number of ether oxygens (including phenoxy) is 1. The smallest absolute Gasteiger partial charge is 0.308 e. The van der Waals surface area contributed by atoms with Crippen LogP contribution in [-0.2, 0) is 4.79 Å². The lowest BCUT2D eigenvalue weighted by Crippen LogP contribution is -2.34. The largest absolute Gasteiger partial charge is 0.492 e. The minimum atomic E-state index is -0.805. The lowest BCUT2D eigenvalue weighted by Gasteiger charge is -2.23. The third-order valence-electron chi connectivity index (χ3n) is 3.26. The number of carbonyl (C=O) groups is 1. The zero-order chi connectivity index (χ0) is 15.9. The molecule has 0 amide bonds. The van der Waals surface area contributed by atoms with Gasteiger partial charge in [0.05, 0.1) is 12.5 Å². The third kappa shape index (κ3) is 4.73. The van der Waals surface area contributed by atoms with Crippen LogP contribution in [0.15, 0.2) is 35.8 Å². The summed E-state index contributed by atoms with van der Waals surface area (Å²) in [5.41, 5.74) is 1.19. The molecule has 1 aromatic heterocycles. The number of aromatic nitrogens is 1. The summed E-state index contributed by atoms with van der Waals surface area (Å²) in [6.45, 7) is 5.22. The first-order chi connectivity index (χ1) is 10.6. The molecule has 0 aliphatic carbocycles. The van der Waals surface area contributed by atoms with E-state index in [2.05, 4.69) is 4.98 Å². The zero-order valence-electron chi connectivity index (χ0n) is 12.7. The number of carboxylic acids is 1. The van der Waals surface area contributed by atoms with Crippen LogP contribution >= 0.6 is 11.3 Å². The summed E-state index contributed by atoms with van der Waals surface area (Å²) in [5.74, 6) is -0.444. The van der Waals surface area contributed by atoms with Crippen LogP contribution in [0, 0.1) is 12.8 Å². The van der Waals surface area contributed by atoms with Crippen molar-refractivity contribution < 1.29 is 14.6 Å². The molecule has 1 aromatic carbocycles. The summed E-state index contributed by atoms with van der Waals surface area (Å²) in [7, 11) is 0. The predicted octanol–water partition coefficient (Wildman–Crippen LogP) is 3.06. The highest BCUT2D eigenvalue weighted by atomic mass is 32.1. The highest BCUT2D eigenvalue weighted by molar-refractivity contribution is 7.13. The fraction of sp³-hybridized carbons (Fsp3) is 0.375. The summed E-state index contributed by atoms with van der Waals surface area (Å²) < 4.78 is 5.72. The van der Waals surface area contributed by atoms with Crippen molar-refractivity contribution in [1.82, 2.24) is 4.98 Å². The van der Waals surface area contributed by atoms with Crippen molar-refractivity contribution in [3.8, 4) is 5.75 Å². The second kappa shape index (κ2) is 7.79. The normalized spacial score (nSPS) is 11.9. The monoisotopic (exact) mass is 320 g/mol. The third-order valence-corrected chi connectivity index (χ3v) is 4.09. The molecule has 0 aliphatic heterocycles. The van der Waals surface area contributed by atoms with Crippen molar-refractivity contribution in [2.24, 2.45) is 5.92 Å². The van der Waals surface area contributed by atoms with Gasteiger partial charge in [0, 0.05) is 18.1 Å². The van der Waals surface area contributed by atoms with Gasteiger partial charge < -0.3 is 14.7 Å². The van der Waals surface area contributed by atoms with E-state index in [4.69, 9.17) is 9.84 Å². The highest BCUT2D eigenvalue weighted by Crippen LogP contribution is 2.19. The molecule has 2 aromatic rings. The van der Waals surface area contributed by atoms with Gasteiger partial charge in [0.15, 0.2) is 5.13 Å². The van der Waals surface area contributed by atoms with Crippen molar-refractivity contribution in [3.63, 3.8) is 0 Å². The van der Waals surface area contributed by atoms with Crippen LogP contribution in [0.3, 0.4) is 0 Å². The number of rotatable bonds is 8. The number of aryl methyl sites for hydroxylation is 1. The van der Waals surface area contributed by atoms with E-state index >= 15 is 0 Å². The average Bonchev–Trinajstić information content (AvgIpc) is 3.02. The van der Waals surface area contributed by atoms with E-state index < -0.39 is 11.9 Å². The van der Waals surface area contributed by atoms with Crippen molar-refractivity contribution in [2.45, 2.75) is 13.8 Å². The number of aliphatic carboxylic acids is 1. The van der Waals surface area contributed by atoms with Crippen LogP contribution in [-0.4, -0.2) is 35.8 Å². The molecule has 6 heteroatoms. The lowest BCUT2D eigenvalue weighted by atomic mass is 10.2. The van der Waals surface area contributed by atoms with Crippen molar-refractivity contribution in [3.05, 3.63) is 41.4 Å². The molecule has 0 saturated heterocycles. The Hall–Kier alpha value is -2.08. The Kier molecular flexibility index (Phi) is 5.77. The molecule has 0 fully saturated rings. The van der Waals surface area contributed by atoms with Crippen LogP contribution in [0.5, 0.6) is 5.75 Å². The summed E-state index contributed by atoms with van der Waals surface area (Å²) in [5, 5.41) is 11.8. The molecule has 1 unspecified atom stereocenters. The van der Waals surface area contributed by atoms with E-state index in [1.165, 1.54) is 16.9 Å². The second-order valence-corrected chi connectivity index (χ2v) is 6.03. The zero-order valence-corrected chi connectivity index (χ0v) is 13.5. The van der Waals surface area contributed by atoms with Crippen LogP contribution in [0.2, 0.25) is 0 Å². The Morgan fingerprint density at radius 2 is 2.14 bits per heavy atom. The van der Waals surface area contributed by atoms with Gasteiger partial charge >= 0.3 is 5.97 Å². The Labute approximate surface area is 134 Å². The highest BCUT2D eigenvalue weighted by Gasteiger charge is 2.18. The minimum Gasteiger partial charge on any atom is -0.492 e. The maximum atomic E-state index is 11.1. The fourth-order valence-corrected chi connectivity index (χ4v) is 2.63. The standard InChI is InChI=1S/C16H20N2O3S/c1-12-3-5-14(6-4-12)21-9-8-18(11-13(2)15(19)20)16-17-7-10-22-16/h3-7,10,13H,8-9,11H2,1-2H3,(H,19,20). The van der Waals surface area contributed by atoms with Gasteiger partial charge in [-0.05, 0) is 19.1 Å².